The fourth-order valence-corrected chi connectivity index (χ4v) is 2.52. The first-order valence-electron chi connectivity index (χ1n) is 5.06. The lowest BCUT2D eigenvalue weighted by molar-refractivity contribution is -0.138. The molecule has 2 nitrogen and oxygen atoms in total. The lowest BCUT2D eigenvalue weighted by Gasteiger charge is -2.01. The van der Waals surface area contributed by atoms with E-state index in [-0.39, 0.29) is 0 Å². The number of carboxylic acid groups (broad SMARTS) is 1. The molecule has 1 N–H and O–H groups in total. The molecule has 3 heteroatoms. The van der Waals surface area contributed by atoms with E-state index < -0.39 is 11.9 Å². The zero-order valence-corrected chi connectivity index (χ0v) is 9.70. The predicted octanol–water partition coefficient (Wildman–Crippen LogP) is 3.60. The fraction of sp³-hybridized carbons (Fsp3) is 0.154. The zero-order chi connectivity index (χ0) is 11.5. The molecule has 2 aromatic rings. The quantitative estimate of drug-likeness (QED) is 0.877. The van der Waals surface area contributed by atoms with Crippen LogP contribution < -0.4 is 0 Å². The lowest BCUT2D eigenvalue weighted by Crippen LogP contribution is -2.04. The monoisotopic (exact) mass is 232 g/mol. The Morgan fingerprint density at radius 3 is 2.50 bits per heavy atom. The van der Waals surface area contributed by atoms with Crippen LogP contribution in [0.15, 0.2) is 42.5 Å². The van der Waals surface area contributed by atoms with E-state index in [2.05, 4.69) is 0 Å². The summed E-state index contributed by atoms with van der Waals surface area (Å²) in [6.45, 7) is 1.71. The van der Waals surface area contributed by atoms with Crippen molar-refractivity contribution in [1.29, 1.82) is 0 Å². The second-order valence-corrected chi connectivity index (χ2v) is 4.74. The third kappa shape index (κ3) is 2.14. The van der Waals surface area contributed by atoms with Gasteiger partial charge < -0.3 is 5.11 Å². The van der Waals surface area contributed by atoms with Gasteiger partial charge in [-0.25, -0.2) is 0 Å². The Labute approximate surface area is 98.2 Å². The number of hydrogen-bond donors (Lipinski definition) is 1. The molecule has 0 saturated heterocycles. The first-order valence-corrected chi connectivity index (χ1v) is 5.88. The van der Waals surface area contributed by atoms with Gasteiger partial charge in [0.25, 0.3) is 0 Å². The molecule has 82 valence electrons. The van der Waals surface area contributed by atoms with Gasteiger partial charge >= 0.3 is 5.97 Å². The first kappa shape index (κ1) is 10.9. The van der Waals surface area contributed by atoms with Crippen LogP contribution in [0, 0.1) is 0 Å². The van der Waals surface area contributed by atoms with Crippen LogP contribution in [0.4, 0.5) is 0 Å². The van der Waals surface area contributed by atoms with Gasteiger partial charge in [-0.05, 0) is 24.6 Å². The van der Waals surface area contributed by atoms with E-state index in [4.69, 9.17) is 5.11 Å². The van der Waals surface area contributed by atoms with Crippen molar-refractivity contribution < 1.29 is 9.90 Å². The van der Waals surface area contributed by atoms with E-state index in [1.807, 2.05) is 42.5 Å². The molecule has 1 atom stereocenters. The van der Waals surface area contributed by atoms with Crippen LogP contribution in [0.1, 0.15) is 17.7 Å². The van der Waals surface area contributed by atoms with Crippen molar-refractivity contribution in [3.8, 4) is 10.4 Å². The maximum Gasteiger partial charge on any atom is 0.311 e. The van der Waals surface area contributed by atoms with Gasteiger partial charge in [0, 0.05) is 9.75 Å². The van der Waals surface area contributed by atoms with E-state index in [1.54, 1.807) is 18.3 Å². The van der Waals surface area contributed by atoms with Crippen molar-refractivity contribution in [1.82, 2.24) is 0 Å². The Hall–Kier alpha value is -1.61. The van der Waals surface area contributed by atoms with Gasteiger partial charge in [0.2, 0.25) is 0 Å². The summed E-state index contributed by atoms with van der Waals surface area (Å²) in [7, 11) is 0. The minimum atomic E-state index is -0.776. The number of rotatable bonds is 3. The van der Waals surface area contributed by atoms with E-state index >= 15 is 0 Å². The average molecular weight is 232 g/mol. The molecule has 0 amide bonds. The highest BCUT2D eigenvalue weighted by molar-refractivity contribution is 7.15. The van der Waals surface area contributed by atoms with Crippen LogP contribution in [0.25, 0.3) is 10.4 Å². The van der Waals surface area contributed by atoms with Crippen LogP contribution in [-0.4, -0.2) is 11.1 Å². The van der Waals surface area contributed by atoms with Gasteiger partial charge in [0.1, 0.15) is 0 Å². The number of hydrogen-bond acceptors (Lipinski definition) is 2. The lowest BCUT2D eigenvalue weighted by atomic mass is 10.1. The third-order valence-electron chi connectivity index (χ3n) is 2.48. The standard InChI is InChI=1S/C13H12O2S/c1-9(13(14)15)11-7-8-12(16-11)10-5-3-2-4-6-10/h2-9H,1H3,(H,14,15). The first-order chi connectivity index (χ1) is 7.68. The van der Waals surface area contributed by atoms with Crippen LogP contribution in [0.5, 0.6) is 0 Å². The molecular weight excluding hydrogens is 220 g/mol. The molecule has 0 spiro atoms. The molecular formula is C13H12O2S. The molecule has 2 rings (SSSR count). The maximum absolute atomic E-state index is 10.9. The average Bonchev–Trinajstić information content (AvgIpc) is 2.78. The van der Waals surface area contributed by atoms with Crippen molar-refractivity contribution >= 4 is 17.3 Å². The Morgan fingerprint density at radius 2 is 1.88 bits per heavy atom. The SMILES string of the molecule is CC(C(=O)O)c1ccc(-c2ccccc2)s1. The van der Waals surface area contributed by atoms with E-state index in [0.717, 1.165) is 15.3 Å². The van der Waals surface area contributed by atoms with Gasteiger partial charge in [0.05, 0.1) is 5.92 Å². The molecule has 1 heterocycles. The molecule has 0 radical (unpaired) electrons. The molecule has 0 aliphatic rings. The predicted molar refractivity (Wildman–Crippen MR) is 65.8 cm³/mol. The van der Waals surface area contributed by atoms with Crippen molar-refractivity contribution in [3.05, 3.63) is 47.3 Å². The van der Waals surface area contributed by atoms with Crippen LogP contribution >= 0.6 is 11.3 Å². The van der Waals surface area contributed by atoms with Gasteiger partial charge in [-0.2, -0.15) is 0 Å². The van der Waals surface area contributed by atoms with Gasteiger partial charge in [0.15, 0.2) is 0 Å². The van der Waals surface area contributed by atoms with Crippen LogP contribution in [-0.2, 0) is 4.79 Å². The Kier molecular flexibility index (Phi) is 3.06. The topological polar surface area (TPSA) is 37.3 Å². The highest BCUT2D eigenvalue weighted by Gasteiger charge is 2.15. The molecule has 0 aliphatic heterocycles. The fourth-order valence-electron chi connectivity index (χ4n) is 1.46. The molecule has 16 heavy (non-hydrogen) atoms. The summed E-state index contributed by atoms with van der Waals surface area (Å²) in [4.78, 5) is 12.9. The van der Waals surface area contributed by atoms with Gasteiger partial charge in [-0.3, -0.25) is 4.79 Å². The molecule has 1 aromatic carbocycles. The van der Waals surface area contributed by atoms with Gasteiger partial charge in [-0.15, -0.1) is 11.3 Å². The Morgan fingerprint density at radius 1 is 1.19 bits per heavy atom. The second kappa shape index (κ2) is 4.49. The van der Waals surface area contributed by atoms with Crippen molar-refractivity contribution in [2.75, 3.05) is 0 Å². The van der Waals surface area contributed by atoms with E-state index in [9.17, 15) is 4.79 Å². The van der Waals surface area contributed by atoms with Crippen molar-refractivity contribution in [3.63, 3.8) is 0 Å². The summed E-state index contributed by atoms with van der Waals surface area (Å²) in [6.07, 6.45) is 0. The number of aliphatic carboxylic acids is 1. The number of carboxylic acids is 1. The smallest absolute Gasteiger partial charge is 0.311 e. The Bertz CT molecular complexity index is 488. The van der Waals surface area contributed by atoms with E-state index in [1.165, 1.54) is 0 Å². The zero-order valence-electron chi connectivity index (χ0n) is 8.88. The number of thiophene rings is 1. The third-order valence-corrected chi connectivity index (χ3v) is 3.80. The van der Waals surface area contributed by atoms with Crippen LogP contribution in [0.2, 0.25) is 0 Å². The normalized spacial score (nSPS) is 12.3. The molecule has 0 aliphatic carbocycles. The molecule has 0 saturated carbocycles. The maximum atomic E-state index is 10.9. The highest BCUT2D eigenvalue weighted by Crippen LogP contribution is 2.31. The minimum absolute atomic E-state index is 0.428. The summed E-state index contributed by atoms with van der Waals surface area (Å²) in [6, 6.07) is 13.9. The molecule has 0 fully saturated rings. The molecule has 0 bridgehead atoms. The highest BCUT2D eigenvalue weighted by atomic mass is 32.1. The molecule has 1 aromatic heterocycles. The van der Waals surface area contributed by atoms with Crippen LogP contribution in [0.3, 0.4) is 0 Å². The second-order valence-electron chi connectivity index (χ2n) is 3.63. The Balaban J connectivity index is 2.30. The summed E-state index contributed by atoms with van der Waals surface area (Å²) < 4.78 is 0. The van der Waals surface area contributed by atoms with Crippen molar-refractivity contribution in [2.45, 2.75) is 12.8 Å². The largest absolute Gasteiger partial charge is 0.481 e. The minimum Gasteiger partial charge on any atom is -0.481 e. The summed E-state index contributed by atoms with van der Waals surface area (Å²) in [5.41, 5.74) is 1.14. The van der Waals surface area contributed by atoms with Crippen molar-refractivity contribution in [2.24, 2.45) is 0 Å². The van der Waals surface area contributed by atoms with E-state index in [0.29, 0.717) is 0 Å². The molecule has 1 unspecified atom stereocenters. The number of carbonyl (C=O) groups is 1. The summed E-state index contributed by atoms with van der Waals surface area (Å²) >= 11 is 1.54. The number of benzene rings is 1. The summed E-state index contributed by atoms with van der Waals surface area (Å²) in [5, 5.41) is 8.92. The van der Waals surface area contributed by atoms with Gasteiger partial charge in [-0.1, -0.05) is 30.3 Å². The summed E-state index contributed by atoms with van der Waals surface area (Å²) in [5.74, 6) is -1.20.